The van der Waals surface area contributed by atoms with Crippen LogP contribution in [-0.2, 0) is 0 Å². The predicted molar refractivity (Wildman–Crippen MR) is 105 cm³/mol. The van der Waals surface area contributed by atoms with Gasteiger partial charge in [-0.2, -0.15) is 5.26 Å². The fraction of sp³-hybridized carbons (Fsp3) is 0.0476. The largest absolute Gasteiger partial charge is 0.366 e. The maximum absolute atomic E-state index is 12.7. The molecule has 0 saturated carbocycles. The van der Waals surface area contributed by atoms with E-state index in [0.29, 0.717) is 29.4 Å². The molecule has 6 heteroatoms. The van der Waals surface area contributed by atoms with Crippen LogP contribution in [0, 0.1) is 11.3 Å². The highest BCUT2D eigenvalue weighted by atomic mass is 16.1. The summed E-state index contributed by atoms with van der Waals surface area (Å²) in [7, 11) is 0. The van der Waals surface area contributed by atoms with Crippen molar-refractivity contribution in [1.82, 2.24) is 9.97 Å². The Labute approximate surface area is 157 Å². The molecule has 0 radical (unpaired) electrons. The van der Waals surface area contributed by atoms with E-state index in [4.69, 9.17) is 5.26 Å². The molecule has 0 aliphatic rings. The van der Waals surface area contributed by atoms with Gasteiger partial charge in [-0.1, -0.05) is 36.4 Å². The minimum Gasteiger partial charge on any atom is -0.366 e. The van der Waals surface area contributed by atoms with Gasteiger partial charge in [-0.05, 0) is 24.3 Å². The molecule has 0 aliphatic carbocycles. The molecule has 0 bridgehead atoms. The highest BCUT2D eigenvalue weighted by molar-refractivity contribution is 6.03. The number of nitrogens with zero attached hydrogens (tertiary/aromatic N) is 3. The number of nitriles is 1. The first kappa shape index (κ1) is 17.8. The zero-order valence-electron chi connectivity index (χ0n) is 14.5. The second-order valence-corrected chi connectivity index (χ2v) is 5.64. The van der Waals surface area contributed by atoms with Crippen molar-refractivity contribution in [2.75, 3.05) is 17.2 Å². The van der Waals surface area contributed by atoms with Crippen molar-refractivity contribution in [2.24, 2.45) is 0 Å². The number of rotatable bonds is 6. The van der Waals surface area contributed by atoms with Crippen LogP contribution < -0.4 is 10.6 Å². The molecule has 0 aliphatic heterocycles. The van der Waals surface area contributed by atoms with Crippen LogP contribution in [0.3, 0.4) is 0 Å². The molecule has 132 valence electrons. The Kier molecular flexibility index (Phi) is 5.55. The van der Waals surface area contributed by atoms with E-state index in [9.17, 15) is 4.79 Å². The Hall–Kier alpha value is -3.98. The maximum Gasteiger partial charge on any atom is 0.274 e. The van der Waals surface area contributed by atoms with E-state index in [1.807, 2.05) is 36.4 Å². The monoisotopic (exact) mass is 355 g/mol. The van der Waals surface area contributed by atoms with Gasteiger partial charge in [0.25, 0.3) is 5.91 Å². The van der Waals surface area contributed by atoms with E-state index in [-0.39, 0.29) is 11.6 Å². The first-order valence-corrected chi connectivity index (χ1v) is 8.30. The first-order chi connectivity index (χ1) is 13.2. The van der Waals surface area contributed by atoms with Gasteiger partial charge in [0.15, 0.2) is 5.82 Å². The topological polar surface area (TPSA) is 90.7 Å². The lowest BCUT2D eigenvalue weighted by atomic mass is 10.2. The number of benzene rings is 2. The summed E-state index contributed by atoms with van der Waals surface area (Å²) in [5, 5.41) is 14.7. The summed E-state index contributed by atoms with van der Waals surface area (Å²) in [6.07, 6.45) is 1.71. The molecule has 27 heavy (non-hydrogen) atoms. The summed E-state index contributed by atoms with van der Waals surface area (Å²) in [5.74, 6) is 0.629. The Balaban J connectivity index is 1.91. The summed E-state index contributed by atoms with van der Waals surface area (Å²) in [6, 6.07) is 19.7. The van der Waals surface area contributed by atoms with Crippen molar-refractivity contribution in [3.63, 3.8) is 0 Å². The molecule has 3 rings (SSSR count). The fourth-order valence-corrected chi connectivity index (χ4v) is 2.37. The lowest BCUT2D eigenvalue weighted by Gasteiger charge is -2.10. The normalized spacial score (nSPS) is 9.89. The number of nitrogens with one attached hydrogen (secondary N) is 2. The van der Waals surface area contributed by atoms with Gasteiger partial charge in [0.2, 0.25) is 0 Å². The third-order valence-electron chi connectivity index (χ3n) is 3.69. The average Bonchev–Trinajstić information content (AvgIpc) is 2.73. The van der Waals surface area contributed by atoms with Crippen LogP contribution in [0.4, 0.5) is 11.5 Å². The standard InChI is InChI=1S/C21H17N5O/c1-2-12-23-19-13-18(25-20(26-19)16-6-4-3-5-7-16)21(27)24-17-10-8-15(14-22)9-11-17/h2-11,13H,1,12H2,(H,24,27)(H,23,25,26). The molecule has 1 amide bonds. The minimum absolute atomic E-state index is 0.236. The lowest BCUT2D eigenvalue weighted by Crippen LogP contribution is -2.15. The summed E-state index contributed by atoms with van der Waals surface area (Å²) in [6.45, 7) is 4.19. The van der Waals surface area contributed by atoms with Gasteiger partial charge in [-0.3, -0.25) is 4.79 Å². The summed E-state index contributed by atoms with van der Waals surface area (Å²) in [4.78, 5) is 21.5. The molecule has 0 fully saturated rings. The van der Waals surface area contributed by atoms with E-state index in [1.165, 1.54) is 0 Å². The zero-order valence-corrected chi connectivity index (χ0v) is 14.5. The molecule has 0 unspecified atom stereocenters. The molecular weight excluding hydrogens is 338 g/mol. The van der Waals surface area contributed by atoms with Gasteiger partial charge in [0.1, 0.15) is 11.5 Å². The van der Waals surface area contributed by atoms with E-state index in [2.05, 4.69) is 27.2 Å². The number of hydrogen-bond donors (Lipinski definition) is 2. The highest BCUT2D eigenvalue weighted by Gasteiger charge is 2.13. The second-order valence-electron chi connectivity index (χ2n) is 5.64. The van der Waals surface area contributed by atoms with Crippen LogP contribution in [0.2, 0.25) is 0 Å². The van der Waals surface area contributed by atoms with Crippen molar-refractivity contribution < 1.29 is 4.79 Å². The Morgan fingerprint density at radius 2 is 1.85 bits per heavy atom. The summed E-state index contributed by atoms with van der Waals surface area (Å²) in [5.41, 5.74) is 2.16. The molecule has 1 heterocycles. The third kappa shape index (κ3) is 4.55. The molecule has 2 N–H and O–H groups in total. The third-order valence-corrected chi connectivity index (χ3v) is 3.69. The van der Waals surface area contributed by atoms with E-state index >= 15 is 0 Å². The van der Waals surface area contributed by atoms with Gasteiger partial charge in [-0.15, -0.1) is 6.58 Å². The van der Waals surface area contributed by atoms with Crippen LogP contribution >= 0.6 is 0 Å². The molecule has 0 spiro atoms. The van der Waals surface area contributed by atoms with Crippen LogP contribution in [0.5, 0.6) is 0 Å². The Bertz CT molecular complexity index is 991. The quantitative estimate of drug-likeness (QED) is 0.655. The van der Waals surface area contributed by atoms with E-state index in [0.717, 1.165) is 5.56 Å². The molecule has 0 saturated heterocycles. The van der Waals surface area contributed by atoms with Crippen LogP contribution in [0.25, 0.3) is 11.4 Å². The Morgan fingerprint density at radius 1 is 1.11 bits per heavy atom. The molecule has 1 aromatic heterocycles. The van der Waals surface area contributed by atoms with Gasteiger partial charge in [-0.25, -0.2) is 9.97 Å². The number of hydrogen-bond acceptors (Lipinski definition) is 5. The van der Waals surface area contributed by atoms with Crippen LogP contribution in [0.1, 0.15) is 16.1 Å². The molecule has 6 nitrogen and oxygen atoms in total. The molecule has 0 atom stereocenters. The van der Waals surface area contributed by atoms with Gasteiger partial charge in [0.05, 0.1) is 11.6 Å². The van der Waals surface area contributed by atoms with Gasteiger partial charge >= 0.3 is 0 Å². The average molecular weight is 355 g/mol. The number of amides is 1. The lowest BCUT2D eigenvalue weighted by molar-refractivity contribution is 0.102. The Morgan fingerprint density at radius 3 is 2.52 bits per heavy atom. The highest BCUT2D eigenvalue weighted by Crippen LogP contribution is 2.19. The summed E-state index contributed by atoms with van der Waals surface area (Å²) >= 11 is 0. The number of aromatic nitrogens is 2. The van der Waals surface area contributed by atoms with Gasteiger partial charge in [0, 0.05) is 23.9 Å². The van der Waals surface area contributed by atoms with Crippen molar-refractivity contribution in [1.29, 1.82) is 5.26 Å². The van der Waals surface area contributed by atoms with Crippen molar-refractivity contribution in [3.8, 4) is 17.5 Å². The molecule has 2 aromatic carbocycles. The fourth-order valence-electron chi connectivity index (χ4n) is 2.37. The van der Waals surface area contributed by atoms with Crippen molar-refractivity contribution >= 4 is 17.4 Å². The van der Waals surface area contributed by atoms with Crippen molar-refractivity contribution in [2.45, 2.75) is 0 Å². The number of carbonyl (C=O) groups excluding carboxylic acids is 1. The maximum atomic E-state index is 12.7. The second kappa shape index (κ2) is 8.41. The predicted octanol–water partition coefficient (Wildman–Crippen LogP) is 3.87. The van der Waals surface area contributed by atoms with Gasteiger partial charge < -0.3 is 10.6 Å². The smallest absolute Gasteiger partial charge is 0.274 e. The molecule has 3 aromatic rings. The first-order valence-electron chi connectivity index (χ1n) is 8.30. The minimum atomic E-state index is -0.360. The van der Waals surface area contributed by atoms with E-state index in [1.54, 1.807) is 36.4 Å². The van der Waals surface area contributed by atoms with Crippen molar-refractivity contribution in [3.05, 3.63) is 84.6 Å². The zero-order chi connectivity index (χ0) is 19.1. The molecular formula is C21H17N5O. The number of carbonyl (C=O) groups is 1. The SMILES string of the molecule is C=CCNc1cc(C(=O)Nc2ccc(C#N)cc2)nc(-c2ccccc2)n1. The summed E-state index contributed by atoms with van der Waals surface area (Å²) < 4.78 is 0. The van der Waals surface area contributed by atoms with Crippen LogP contribution in [-0.4, -0.2) is 22.4 Å². The van der Waals surface area contributed by atoms with Crippen LogP contribution in [0.15, 0.2) is 73.3 Å². The van der Waals surface area contributed by atoms with E-state index < -0.39 is 0 Å². The number of anilines is 2.